The lowest BCUT2D eigenvalue weighted by Gasteiger charge is -2.33. The summed E-state index contributed by atoms with van der Waals surface area (Å²) in [5.74, 6) is 1.37. The Morgan fingerprint density at radius 2 is 1.26 bits per heavy atom. The molecular weight excluding hydrogens is 484 g/mol. The molecule has 188 valence electrons. The van der Waals surface area contributed by atoms with Gasteiger partial charge in [0, 0.05) is 38.3 Å². The topological polar surface area (TPSA) is 112 Å². The van der Waals surface area contributed by atoms with E-state index < -0.39 is 20.0 Å². The molecule has 1 aliphatic rings. The second-order valence-corrected chi connectivity index (χ2v) is 11.1. The summed E-state index contributed by atoms with van der Waals surface area (Å²) in [7, 11) is -4.95. The molecule has 0 spiro atoms. The number of hydrogen-bond acceptors (Lipinski definition) is 8. The van der Waals surface area contributed by atoms with Crippen LogP contribution in [0.5, 0.6) is 23.0 Å². The van der Waals surface area contributed by atoms with E-state index in [9.17, 15) is 16.8 Å². The first kappa shape index (κ1) is 26.1. The highest BCUT2D eigenvalue weighted by Crippen LogP contribution is 2.33. The van der Waals surface area contributed by atoms with Gasteiger partial charge in [-0.3, -0.25) is 0 Å². The normalized spacial score (nSPS) is 15.6. The molecule has 0 aliphatic carbocycles. The molecule has 12 heteroatoms. The molecular formula is C22H30N2O8S2. The molecule has 0 unspecified atom stereocenters. The van der Waals surface area contributed by atoms with Gasteiger partial charge < -0.3 is 18.9 Å². The van der Waals surface area contributed by atoms with Gasteiger partial charge in [0.2, 0.25) is 20.0 Å². The van der Waals surface area contributed by atoms with Gasteiger partial charge in [-0.15, -0.1) is 0 Å². The van der Waals surface area contributed by atoms with E-state index in [1.807, 2.05) is 6.92 Å². The van der Waals surface area contributed by atoms with Crippen LogP contribution in [-0.4, -0.2) is 79.1 Å². The molecule has 0 amide bonds. The van der Waals surface area contributed by atoms with Crippen LogP contribution in [0.1, 0.15) is 13.8 Å². The van der Waals surface area contributed by atoms with Crippen LogP contribution in [0.2, 0.25) is 0 Å². The molecule has 0 saturated carbocycles. The monoisotopic (exact) mass is 514 g/mol. The fourth-order valence-corrected chi connectivity index (χ4v) is 6.65. The second-order valence-electron chi connectivity index (χ2n) is 7.30. The number of rotatable bonds is 10. The Bertz CT molecular complexity index is 1210. The maximum absolute atomic E-state index is 13.3. The standard InChI is InChI=1S/C22H30N2O8S2/c1-5-31-19-10-8-18(16-21(19)32-6-2)33(25,26)23-11-13-24(14-12-23)34(27,28)22-15-17(29-3)7-9-20(22)30-4/h7-10,15-16H,5-6,11-14H2,1-4H3. The molecule has 3 rings (SSSR count). The zero-order valence-electron chi connectivity index (χ0n) is 19.7. The second kappa shape index (κ2) is 10.8. The molecule has 0 atom stereocenters. The zero-order valence-corrected chi connectivity index (χ0v) is 21.3. The first-order valence-corrected chi connectivity index (χ1v) is 13.7. The SMILES string of the molecule is CCOc1ccc(S(=O)(=O)N2CCN(S(=O)(=O)c3cc(OC)ccc3OC)CC2)cc1OCC. The average molecular weight is 515 g/mol. The summed E-state index contributed by atoms with van der Waals surface area (Å²) in [6, 6.07) is 8.99. The number of piperazine rings is 1. The van der Waals surface area contributed by atoms with E-state index in [2.05, 4.69) is 0 Å². The Morgan fingerprint density at radius 1 is 0.706 bits per heavy atom. The average Bonchev–Trinajstić information content (AvgIpc) is 2.85. The van der Waals surface area contributed by atoms with Gasteiger partial charge in [0.25, 0.3) is 0 Å². The minimum atomic E-state index is -3.93. The van der Waals surface area contributed by atoms with Crippen molar-refractivity contribution in [2.45, 2.75) is 23.6 Å². The van der Waals surface area contributed by atoms with Crippen LogP contribution >= 0.6 is 0 Å². The van der Waals surface area contributed by atoms with Crippen LogP contribution in [0.4, 0.5) is 0 Å². The van der Waals surface area contributed by atoms with Gasteiger partial charge in [0.1, 0.15) is 16.4 Å². The number of sulfonamides is 2. The number of methoxy groups -OCH3 is 2. The summed E-state index contributed by atoms with van der Waals surface area (Å²) in [6.45, 7) is 4.40. The van der Waals surface area contributed by atoms with Gasteiger partial charge in [0.05, 0.1) is 32.3 Å². The zero-order chi connectivity index (χ0) is 24.9. The highest BCUT2D eigenvalue weighted by molar-refractivity contribution is 7.89. The lowest BCUT2D eigenvalue weighted by Crippen LogP contribution is -2.50. The Morgan fingerprint density at radius 3 is 1.82 bits per heavy atom. The van der Waals surface area contributed by atoms with E-state index in [1.54, 1.807) is 19.1 Å². The Labute approximate surface area is 201 Å². The molecule has 1 aliphatic heterocycles. The van der Waals surface area contributed by atoms with Crippen LogP contribution in [0, 0.1) is 0 Å². The Hall–Kier alpha value is -2.54. The van der Waals surface area contributed by atoms with E-state index >= 15 is 0 Å². The minimum Gasteiger partial charge on any atom is -0.497 e. The van der Waals surface area contributed by atoms with Crippen LogP contribution in [0.15, 0.2) is 46.2 Å². The first-order chi connectivity index (χ1) is 16.2. The Balaban J connectivity index is 1.81. The molecule has 1 saturated heterocycles. The maximum atomic E-state index is 13.3. The molecule has 0 bridgehead atoms. The molecule has 2 aromatic rings. The summed E-state index contributed by atoms with van der Waals surface area (Å²) in [5, 5.41) is 0. The van der Waals surface area contributed by atoms with Crippen molar-refractivity contribution in [3.05, 3.63) is 36.4 Å². The third-order valence-electron chi connectivity index (χ3n) is 5.34. The Kier molecular flexibility index (Phi) is 8.29. The number of benzene rings is 2. The highest BCUT2D eigenvalue weighted by Gasteiger charge is 2.35. The van der Waals surface area contributed by atoms with E-state index in [1.165, 1.54) is 47.1 Å². The number of ether oxygens (including phenoxy) is 4. The van der Waals surface area contributed by atoms with E-state index in [0.29, 0.717) is 30.5 Å². The first-order valence-electron chi connectivity index (χ1n) is 10.8. The van der Waals surface area contributed by atoms with E-state index in [4.69, 9.17) is 18.9 Å². The fourth-order valence-electron chi connectivity index (χ4n) is 3.62. The van der Waals surface area contributed by atoms with Crippen molar-refractivity contribution in [3.8, 4) is 23.0 Å². The maximum Gasteiger partial charge on any atom is 0.246 e. The molecule has 1 fully saturated rings. The van der Waals surface area contributed by atoms with Gasteiger partial charge in [-0.1, -0.05) is 0 Å². The van der Waals surface area contributed by atoms with E-state index in [-0.39, 0.29) is 41.7 Å². The van der Waals surface area contributed by atoms with Gasteiger partial charge in [-0.2, -0.15) is 8.61 Å². The van der Waals surface area contributed by atoms with Crippen molar-refractivity contribution in [2.24, 2.45) is 0 Å². The van der Waals surface area contributed by atoms with Crippen molar-refractivity contribution in [3.63, 3.8) is 0 Å². The smallest absolute Gasteiger partial charge is 0.246 e. The van der Waals surface area contributed by atoms with Gasteiger partial charge in [0.15, 0.2) is 11.5 Å². The molecule has 10 nitrogen and oxygen atoms in total. The molecule has 0 radical (unpaired) electrons. The van der Waals surface area contributed by atoms with Gasteiger partial charge in [-0.05, 0) is 38.1 Å². The van der Waals surface area contributed by atoms with Crippen molar-refractivity contribution < 1.29 is 35.8 Å². The van der Waals surface area contributed by atoms with Gasteiger partial charge in [-0.25, -0.2) is 16.8 Å². The van der Waals surface area contributed by atoms with Crippen molar-refractivity contribution in [1.29, 1.82) is 0 Å². The summed E-state index contributed by atoms with van der Waals surface area (Å²) >= 11 is 0. The van der Waals surface area contributed by atoms with Crippen molar-refractivity contribution in [2.75, 3.05) is 53.6 Å². The van der Waals surface area contributed by atoms with Crippen LogP contribution in [-0.2, 0) is 20.0 Å². The molecule has 0 N–H and O–H groups in total. The molecule has 0 aromatic heterocycles. The minimum absolute atomic E-state index is 0.00270. The summed E-state index contributed by atoms with van der Waals surface area (Å²) < 4.78 is 77.0. The third kappa shape index (κ3) is 5.24. The quantitative estimate of drug-likeness (QED) is 0.474. The largest absolute Gasteiger partial charge is 0.497 e. The highest BCUT2D eigenvalue weighted by atomic mass is 32.2. The fraction of sp³-hybridized carbons (Fsp3) is 0.455. The lowest BCUT2D eigenvalue weighted by molar-refractivity contribution is 0.271. The lowest BCUT2D eigenvalue weighted by atomic mass is 10.3. The predicted octanol–water partition coefficient (Wildman–Crippen LogP) is 2.20. The van der Waals surface area contributed by atoms with Crippen molar-refractivity contribution >= 4 is 20.0 Å². The summed E-state index contributed by atoms with van der Waals surface area (Å²) in [5.41, 5.74) is 0. The summed E-state index contributed by atoms with van der Waals surface area (Å²) in [4.78, 5) is 0.0312. The van der Waals surface area contributed by atoms with E-state index in [0.717, 1.165) is 0 Å². The third-order valence-corrected chi connectivity index (χ3v) is 9.15. The number of nitrogens with zero attached hydrogens (tertiary/aromatic N) is 2. The molecule has 2 aromatic carbocycles. The van der Waals surface area contributed by atoms with Crippen molar-refractivity contribution in [1.82, 2.24) is 8.61 Å². The van der Waals surface area contributed by atoms with Gasteiger partial charge >= 0.3 is 0 Å². The van der Waals surface area contributed by atoms with Crippen LogP contribution in [0.25, 0.3) is 0 Å². The van der Waals surface area contributed by atoms with Crippen LogP contribution < -0.4 is 18.9 Å². The van der Waals surface area contributed by atoms with Crippen LogP contribution in [0.3, 0.4) is 0 Å². The predicted molar refractivity (Wildman–Crippen MR) is 126 cm³/mol. The summed E-state index contributed by atoms with van der Waals surface area (Å²) in [6.07, 6.45) is 0. The number of hydrogen-bond donors (Lipinski definition) is 0. The molecule has 1 heterocycles. The molecule has 34 heavy (non-hydrogen) atoms.